The number of aromatic nitrogens is 4. The number of likely N-dealkylation sites (tertiary alicyclic amines) is 1. The lowest BCUT2D eigenvalue weighted by molar-refractivity contribution is -0.0299. The number of hydrogen-bond donors (Lipinski definition) is 1. The molecule has 1 N–H and O–H groups in total. The lowest BCUT2D eigenvalue weighted by atomic mass is 9.91. The number of likely N-dealkylation sites (N-methyl/N-ethyl adjacent to an activating group) is 1. The number of aliphatic hydroxyl groups is 1. The molecule has 4 aromatic rings. The van der Waals surface area contributed by atoms with Crippen LogP contribution in [0.1, 0.15) is 23.2 Å². The molecule has 0 atom stereocenters. The Hall–Kier alpha value is -4.09. The number of halogens is 1. The summed E-state index contributed by atoms with van der Waals surface area (Å²) < 4.78 is 17.7. The first kappa shape index (κ1) is 26.1. The number of benzene rings is 2. The number of anilines is 1. The molecule has 0 bridgehead atoms. The highest BCUT2D eigenvalue weighted by molar-refractivity contribution is 5.94. The van der Waals surface area contributed by atoms with E-state index in [1.807, 2.05) is 30.1 Å². The van der Waals surface area contributed by atoms with Crippen LogP contribution in [0, 0.1) is 5.82 Å². The van der Waals surface area contributed by atoms with Gasteiger partial charge in [-0.3, -0.25) is 14.2 Å². The van der Waals surface area contributed by atoms with Gasteiger partial charge in [0, 0.05) is 44.8 Å². The molecule has 4 heterocycles. The summed E-state index contributed by atoms with van der Waals surface area (Å²) in [6.07, 6.45) is 3.58. The number of carbonyl (C=O) groups is 1. The van der Waals surface area contributed by atoms with Crippen molar-refractivity contribution < 1.29 is 14.3 Å². The third-order valence-corrected chi connectivity index (χ3v) is 8.04. The Labute approximate surface area is 230 Å². The molecule has 0 spiro atoms. The van der Waals surface area contributed by atoms with E-state index in [0.29, 0.717) is 53.9 Å². The predicted octanol–water partition coefficient (Wildman–Crippen LogP) is 2.14. The number of fused-ring (bicyclic) bond motifs is 1. The molecule has 2 aliphatic heterocycles. The van der Waals surface area contributed by atoms with Crippen LogP contribution in [0.4, 0.5) is 10.1 Å². The molecule has 2 aliphatic rings. The Morgan fingerprint density at radius 1 is 1.02 bits per heavy atom. The molecule has 2 aromatic carbocycles. The first-order valence-corrected chi connectivity index (χ1v) is 13.5. The minimum Gasteiger partial charge on any atom is -0.388 e. The quantitative estimate of drug-likeness (QED) is 0.410. The maximum atomic E-state index is 14.7. The third kappa shape index (κ3) is 4.98. The first-order valence-electron chi connectivity index (χ1n) is 13.5. The molecule has 0 aliphatic carbocycles. The van der Waals surface area contributed by atoms with Gasteiger partial charge in [-0.05, 0) is 50.2 Å². The van der Waals surface area contributed by atoms with Crippen LogP contribution >= 0.6 is 0 Å². The smallest absolute Gasteiger partial charge is 0.264 e. The minimum absolute atomic E-state index is 0.0631. The van der Waals surface area contributed by atoms with Gasteiger partial charge in [-0.15, -0.1) is 0 Å². The van der Waals surface area contributed by atoms with E-state index < -0.39 is 5.60 Å². The van der Waals surface area contributed by atoms with E-state index in [2.05, 4.69) is 15.0 Å². The van der Waals surface area contributed by atoms with Crippen LogP contribution in [-0.4, -0.2) is 92.1 Å². The zero-order valence-corrected chi connectivity index (χ0v) is 22.4. The summed E-state index contributed by atoms with van der Waals surface area (Å²) in [6, 6.07) is 13.9. The molecule has 0 radical (unpaired) electrons. The summed E-state index contributed by atoms with van der Waals surface area (Å²) in [5, 5.41) is 16.0. The molecular weight excluding hydrogens is 513 g/mol. The van der Waals surface area contributed by atoms with Gasteiger partial charge in [0.2, 0.25) is 0 Å². The fraction of sp³-hybridized carbons (Fsp3) is 0.379. The van der Waals surface area contributed by atoms with Crippen molar-refractivity contribution >= 4 is 22.6 Å². The monoisotopic (exact) mass is 545 g/mol. The number of amides is 1. The predicted molar refractivity (Wildman–Crippen MR) is 149 cm³/mol. The van der Waals surface area contributed by atoms with Gasteiger partial charge < -0.3 is 19.8 Å². The second-order valence-corrected chi connectivity index (χ2v) is 10.8. The Balaban J connectivity index is 1.20. The third-order valence-electron chi connectivity index (χ3n) is 8.04. The lowest BCUT2D eigenvalue weighted by Crippen LogP contribution is -2.49. The average molecular weight is 546 g/mol. The van der Waals surface area contributed by atoms with Crippen molar-refractivity contribution in [2.75, 3.05) is 51.2 Å². The molecule has 10 nitrogen and oxygen atoms in total. The van der Waals surface area contributed by atoms with Crippen molar-refractivity contribution in [2.24, 2.45) is 0 Å². The van der Waals surface area contributed by atoms with Crippen LogP contribution in [0.15, 0.2) is 65.8 Å². The highest BCUT2D eigenvalue weighted by Crippen LogP contribution is 2.27. The summed E-state index contributed by atoms with van der Waals surface area (Å²) in [5.41, 5.74) is 0.650. The maximum absolute atomic E-state index is 14.7. The maximum Gasteiger partial charge on any atom is 0.264 e. The summed E-state index contributed by atoms with van der Waals surface area (Å²) in [7, 11) is 2.05. The van der Waals surface area contributed by atoms with Crippen molar-refractivity contribution in [3.63, 3.8) is 0 Å². The van der Waals surface area contributed by atoms with Gasteiger partial charge in [-0.1, -0.05) is 18.2 Å². The molecule has 208 valence electrons. The van der Waals surface area contributed by atoms with Crippen LogP contribution in [-0.2, 0) is 6.54 Å². The van der Waals surface area contributed by atoms with Crippen LogP contribution in [0.2, 0.25) is 0 Å². The fourth-order valence-corrected chi connectivity index (χ4v) is 5.54. The lowest BCUT2D eigenvalue weighted by Gasteiger charge is -2.38. The van der Waals surface area contributed by atoms with E-state index in [1.54, 1.807) is 33.8 Å². The zero-order chi connectivity index (χ0) is 27.9. The van der Waals surface area contributed by atoms with Crippen LogP contribution in [0.25, 0.3) is 16.7 Å². The Bertz CT molecular complexity index is 1590. The largest absolute Gasteiger partial charge is 0.388 e. The average Bonchev–Trinajstić information content (AvgIpc) is 3.41. The van der Waals surface area contributed by atoms with Gasteiger partial charge in [-0.25, -0.2) is 14.1 Å². The van der Waals surface area contributed by atoms with Crippen molar-refractivity contribution in [3.05, 3.63) is 82.8 Å². The summed E-state index contributed by atoms with van der Waals surface area (Å²) >= 11 is 0. The number of carbonyl (C=O) groups excluding carboxylic acids is 1. The van der Waals surface area contributed by atoms with E-state index in [0.717, 1.165) is 26.2 Å². The summed E-state index contributed by atoms with van der Waals surface area (Å²) in [6.45, 7) is 4.00. The van der Waals surface area contributed by atoms with Crippen molar-refractivity contribution in [3.8, 4) is 5.69 Å². The topological polar surface area (TPSA) is 99.7 Å². The van der Waals surface area contributed by atoms with Gasteiger partial charge in [0.05, 0.1) is 29.7 Å². The van der Waals surface area contributed by atoms with E-state index in [1.165, 1.54) is 23.2 Å². The highest BCUT2D eigenvalue weighted by atomic mass is 19.1. The van der Waals surface area contributed by atoms with Crippen molar-refractivity contribution in [1.82, 2.24) is 29.1 Å². The first-order chi connectivity index (χ1) is 19.3. The SMILES string of the molecule is CN1CCN(c2cc(-n3ncc4c(=O)n(CC5(O)CCN(C(=O)c6ccccc6)CC5)cnc43)ccc2F)CC1. The van der Waals surface area contributed by atoms with E-state index in [-0.39, 0.29) is 23.8 Å². The molecule has 0 unspecified atom stereocenters. The van der Waals surface area contributed by atoms with E-state index in [9.17, 15) is 19.1 Å². The number of piperazine rings is 1. The number of rotatable bonds is 5. The van der Waals surface area contributed by atoms with Gasteiger partial charge >= 0.3 is 0 Å². The molecule has 11 heteroatoms. The second-order valence-electron chi connectivity index (χ2n) is 10.8. The summed E-state index contributed by atoms with van der Waals surface area (Å²) in [5.74, 6) is -0.364. The fourth-order valence-electron chi connectivity index (χ4n) is 5.54. The Morgan fingerprint density at radius 3 is 2.48 bits per heavy atom. The standard InChI is InChI=1S/C29H32FN7O3/c1-33-13-15-34(16-14-33)25-17-22(7-8-24(25)30)37-26-23(18-32-37)28(39)36(20-31-26)19-29(40)9-11-35(12-10-29)27(38)21-5-3-2-4-6-21/h2-8,17-18,20,40H,9-16,19H2,1H3. The van der Waals surface area contributed by atoms with E-state index >= 15 is 0 Å². The Morgan fingerprint density at radius 2 is 1.75 bits per heavy atom. The minimum atomic E-state index is -1.14. The van der Waals surface area contributed by atoms with Gasteiger partial charge in [-0.2, -0.15) is 5.10 Å². The number of hydrogen-bond acceptors (Lipinski definition) is 7. The number of piperidine rings is 1. The zero-order valence-electron chi connectivity index (χ0n) is 22.4. The molecule has 2 aromatic heterocycles. The Kier molecular flexibility index (Phi) is 6.85. The molecule has 6 rings (SSSR count). The van der Waals surface area contributed by atoms with Crippen molar-refractivity contribution in [2.45, 2.75) is 25.0 Å². The number of nitrogens with zero attached hydrogens (tertiary/aromatic N) is 7. The van der Waals surface area contributed by atoms with Gasteiger partial charge in [0.25, 0.3) is 11.5 Å². The highest BCUT2D eigenvalue weighted by Gasteiger charge is 2.35. The van der Waals surface area contributed by atoms with Gasteiger partial charge in [0.1, 0.15) is 17.5 Å². The summed E-state index contributed by atoms with van der Waals surface area (Å²) in [4.78, 5) is 36.6. The van der Waals surface area contributed by atoms with Crippen LogP contribution < -0.4 is 10.5 Å². The van der Waals surface area contributed by atoms with Gasteiger partial charge in [0.15, 0.2) is 5.65 Å². The van der Waals surface area contributed by atoms with Crippen LogP contribution in [0.3, 0.4) is 0 Å². The van der Waals surface area contributed by atoms with E-state index in [4.69, 9.17) is 0 Å². The van der Waals surface area contributed by atoms with Crippen LogP contribution in [0.5, 0.6) is 0 Å². The molecule has 1 amide bonds. The molecule has 2 saturated heterocycles. The van der Waals surface area contributed by atoms with Crippen molar-refractivity contribution in [1.29, 1.82) is 0 Å². The molecule has 2 fully saturated rings. The second kappa shape index (κ2) is 10.5. The molecule has 0 saturated carbocycles. The normalized spacial score (nSPS) is 17.9. The molecule has 40 heavy (non-hydrogen) atoms. The molecular formula is C29H32FN7O3.